The molecule has 2 aromatic carbocycles. The molecule has 3 rings (SSSR count). The first kappa shape index (κ1) is 21.9. The molecule has 156 valence electrons. The number of halogens is 2. The topological polar surface area (TPSA) is 32.8 Å². The molecule has 1 fully saturated rings. The molecule has 0 saturated carbocycles. The Morgan fingerprint density at radius 2 is 1.45 bits per heavy atom. The molecule has 1 saturated heterocycles. The predicted molar refractivity (Wildman–Crippen MR) is 119 cm³/mol. The second-order valence-corrected chi connectivity index (χ2v) is 9.39. The standard InChI is InChI=1S/C23H28Cl2N2O2/c1-16-15-26(22(28)29-23(2,3)4)13-14-27(16)21(17-5-9-19(24)10-6-17)18-7-11-20(25)12-8-18/h5-12,16,21H,13-15H2,1-4H3/t16-/m0/s1. The Bertz CT molecular complexity index is 786. The summed E-state index contributed by atoms with van der Waals surface area (Å²) in [5.74, 6) is 0. The molecule has 4 nitrogen and oxygen atoms in total. The van der Waals surface area contributed by atoms with E-state index < -0.39 is 5.60 Å². The van der Waals surface area contributed by atoms with E-state index in [9.17, 15) is 4.79 Å². The summed E-state index contributed by atoms with van der Waals surface area (Å²) in [6.45, 7) is 9.81. The largest absolute Gasteiger partial charge is 0.444 e. The molecule has 2 aromatic rings. The summed E-state index contributed by atoms with van der Waals surface area (Å²) >= 11 is 12.2. The van der Waals surface area contributed by atoms with E-state index >= 15 is 0 Å². The van der Waals surface area contributed by atoms with Crippen molar-refractivity contribution in [3.05, 3.63) is 69.7 Å². The lowest BCUT2D eigenvalue weighted by molar-refractivity contribution is 0.000963. The minimum Gasteiger partial charge on any atom is -0.444 e. The van der Waals surface area contributed by atoms with E-state index in [4.69, 9.17) is 27.9 Å². The summed E-state index contributed by atoms with van der Waals surface area (Å²) in [6, 6.07) is 16.1. The maximum atomic E-state index is 12.5. The van der Waals surface area contributed by atoms with Gasteiger partial charge in [0.05, 0.1) is 6.04 Å². The Balaban J connectivity index is 1.84. The molecule has 1 atom stereocenters. The lowest BCUT2D eigenvalue weighted by atomic mass is 9.95. The van der Waals surface area contributed by atoms with Crippen LogP contribution in [-0.2, 0) is 4.74 Å². The van der Waals surface area contributed by atoms with Crippen LogP contribution >= 0.6 is 23.2 Å². The van der Waals surface area contributed by atoms with Crippen LogP contribution in [0.3, 0.4) is 0 Å². The number of piperazine rings is 1. The molecule has 0 N–H and O–H groups in total. The zero-order chi connectivity index (χ0) is 21.2. The number of benzene rings is 2. The van der Waals surface area contributed by atoms with Gasteiger partial charge in [0.1, 0.15) is 5.60 Å². The fourth-order valence-electron chi connectivity index (χ4n) is 3.71. The molecule has 1 aliphatic heterocycles. The van der Waals surface area contributed by atoms with Crippen LogP contribution in [0.4, 0.5) is 4.79 Å². The number of hydrogen-bond acceptors (Lipinski definition) is 3. The van der Waals surface area contributed by atoms with Crippen LogP contribution < -0.4 is 0 Å². The summed E-state index contributed by atoms with van der Waals surface area (Å²) in [5, 5.41) is 1.43. The highest BCUT2D eigenvalue weighted by Gasteiger charge is 2.34. The normalized spacial score (nSPS) is 18.2. The third kappa shape index (κ3) is 5.65. The first-order valence-corrected chi connectivity index (χ1v) is 10.6. The van der Waals surface area contributed by atoms with Gasteiger partial charge in [-0.2, -0.15) is 0 Å². The molecule has 1 heterocycles. The maximum absolute atomic E-state index is 12.5. The smallest absolute Gasteiger partial charge is 0.410 e. The number of amides is 1. The van der Waals surface area contributed by atoms with E-state index in [1.54, 1.807) is 4.90 Å². The van der Waals surface area contributed by atoms with Crippen molar-refractivity contribution < 1.29 is 9.53 Å². The summed E-state index contributed by atoms with van der Waals surface area (Å²) < 4.78 is 5.56. The summed E-state index contributed by atoms with van der Waals surface area (Å²) in [5.41, 5.74) is 1.83. The molecule has 6 heteroatoms. The fraction of sp³-hybridized carbons (Fsp3) is 0.435. The van der Waals surface area contributed by atoms with E-state index in [0.29, 0.717) is 23.1 Å². The number of carbonyl (C=O) groups is 1. The molecule has 0 aliphatic carbocycles. The van der Waals surface area contributed by atoms with Gasteiger partial charge < -0.3 is 9.64 Å². The van der Waals surface area contributed by atoms with Crippen LogP contribution in [-0.4, -0.2) is 47.2 Å². The summed E-state index contributed by atoms with van der Waals surface area (Å²) in [7, 11) is 0. The van der Waals surface area contributed by atoms with Crippen LogP contribution in [0.15, 0.2) is 48.5 Å². The van der Waals surface area contributed by atoms with Crippen molar-refractivity contribution in [3.63, 3.8) is 0 Å². The fourth-order valence-corrected chi connectivity index (χ4v) is 3.97. The minimum absolute atomic E-state index is 0.0559. The molecule has 0 aromatic heterocycles. The monoisotopic (exact) mass is 434 g/mol. The average Bonchev–Trinajstić information content (AvgIpc) is 2.64. The number of ether oxygens (including phenoxy) is 1. The third-order valence-corrected chi connectivity index (χ3v) is 5.54. The number of nitrogens with zero attached hydrogens (tertiary/aromatic N) is 2. The van der Waals surface area contributed by atoms with Gasteiger partial charge in [-0.15, -0.1) is 0 Å². The maximum Gasteiger partial charge on any atom is 0.410 e. The molecule has 29 heavy (non-hydrogen) atoms. The number of carbonyl (C=O) groups excluding carboxylic acids is 1. The van der Waals surface area contributed by atoms with Crippen LogP contribution in [0, 0.1) is 0 Å². The van der Waals surface area contributed by atoms with E-state index in [1.807, 2.05) is 45.0 Å². The lowest BCUT2D eigenvalue weighted by Gasteiger charge is -2.44. The molecule has 0 unspecified atom stereocenters. The zero-order valence-corrected chi connectivity index (χ0v) is 18.9. The molecule has 0 radical (unpaired) electrons. The highest BCUT2D eigenvalue weighted by atomic mass is 35.5. The van der Waals surface area contributed by atoms with Gasteiger partial charge in [-0.3, -0.25) is 4.90 Å². The second kappa shape index (κ2) is 8.95. The molecular formula is C23H28Cl2N2O2. The lowest BCUT2D eigenvalue weighted by Crippen LogP contribution is -2.55. The van der Waals surface area contributed by atoms with Gasteiger partial charge in [-0.1, -0.05) is 47.5 Å². The SMILES string of the molecule is C[C@H]1CN(C(=O)OC(C)(C)C)CCN1C(c1ccc(Cl)cc1)c1ccc(Cl)cc1. The Morgan fingerprint density at radius 3 is 1.86 bits per heavy atom. The van der Waals surface area contributed by atoms with Crippen molar-refractivity contribution in [2.75, 3.05) is 19.6 Å². The van der Waals surface area contributed by atoms with Gasteiger partial charge in [0.2, 0.25) is 0 Å². The van der Waals surface area contributed by atoms with Gasteiger partial charge in [0.25, 0.3) is 0 Å². The van der Waals surface area contributed by atoms with Crippen LogP contribution in [0.1, 0.15) is 44.9 Å². The van der Waals surface area contributed by atoms with Crippen molar-refractivity contribution in [1.29, 1.82) is 0 Å². The predicted octanol–water partition coefficient (Wildman–Crippen LogP) is 6.02. The van der Waals surface area contributed by atoms with Gasteiger partial charge in [-0.25, -0.2) is 4.79 Å². The Kier molecular flexibility index (Phi) is 6.77. The van der Waals surface area contributed by atoms with Crippen molar-refractivity contribution in [2.24, 2.45) is 0 Å². The number of rotatable bonds is 3. The van der Waals surface area contributed by atoms with E-state index in [1.165, 1.54) is 0 Å². The average molecular weight is 435 g/mol. The summed E-state index contributed by atoms with van der Waals surface area (Å²) in [4.78, 5) is 16.7. The van der Waals surface area contributed by atoms with Crippen molar-refractivity contribution in [3.8, 4) is 0 Å². The van der Waals surface area contributed by atoms with Gasteiger partial charge in [-0.05, 0) is 63.1 Å². The van der Waals surface area contributed by atoms with Crippen molar-refractivity contribution >= 4 is 29.3 Å². The molecule has 1 aliphatic rings. The van der Waals surface area contributed by atoms with Crippen LogP contribution in [0.5, 0.6) is 0 Å². The first-order chi connectivity index (χ1) is 13.6. The van der Waals surface area contributed by atoms with E-state index in [-0.39, 0.29) is 18.2 Å². The Hall–Kier alpha value is -1.75. The van der Waals surface area contributed by atoms with Gasteiger partial charge >= 0.3 is 6.09 Å². The van der Waals surface area contributed by atoms with Crippen molar-refractivity contribution in [2.45, 2.75) is 45.4 Å². The first-order valence-electron chi connectivity index (χ1n) is 9.88. The van der Waals surface area contributed by atoms with Crippen LogP contribution in [0.25, 0.3) is 0 Å². The van der Waals surface area contributed by atoms with Crippen LogP contribution in [0.2, 0.25) is 10.0 Å². The highest BCUT2D eigenvalue weighted by Crippen LogP contribution is 2.33. The number of hydrogen-bond donors (Lipinski definition) is 0. The third-order valence-electron chi connectivity index (χ3n) is 5.03. The summed E-state index contributed by atoms with van der Waals surface area (Å²) in [6.07, 6.45) is -0.251. The van der Waals surface area contributed by atoms with Crippen molar-refractivity contribution in [1.82, 2.24) is 9.80 Å². The van der Waals surface area contributed by atoms with Gasteiger partial charge in [0, 0.05) is 35.7 Å². The molecule has 0 spiro atoms. The Labute approximate surface area is 183 Å². The minimum atomic E-state index is -0.493. The van der Waals surface area contributed by atoms with E-state index in [2.05, 4.69) is 36.1 Å². The van der Waals surface area contributed by atoms with Gasteiger partial charge in [0.15, 0.2) is 0 Å². The Morgan fingerprint density at radius 1 is 0.966 bits per heavy atom. The zero-order valence-electron chi connectivity index (χ0n) is 17.4. The molecular weight excluding hydrogens is 407 g/mol. The highest BCUT2D eigenvalue weighted by molar-refractivity contribution is 6.30. The molecule has 1 amide bonds. The van der Waals surface area contributed by atoms with E-state index in [0.717, 1.165) is 17.7 Å². The quantitative estimate of drug-likeness (QED) is 0.591. The second-order valence-electron chi connectivity index (χ2n) is 8.52. The molecule has 0 bridgehead atoms.